The molecule has 2 heterocycles. The van der Waals surface area contributed by atoms with E-state index in [1.807, 2.05) is 12.1 Å². The lowest BCUT2D eigenvalue weighted by atomic mass is 10.1. The highest BCUT2D eigenvalue weighted by molar-refractivity contribution is 5.81. The van der Waals surface area contributed by atoms with E-state index in [1.165, 1.54) is 18.2 Å². The van der Waals surface area contributed by atoms with Crippen LogP contribution in [-0.4, -0.2) is 48.0 Å². The summed E-state index contributed by atoms with van der Waals surface area (Å²) in [7, 11) is 4.28. The van der Waals surface area contributed by atoms with Crippen molar-refractivity contribution in [1.29, 1.82) is 0 Å². The van der Waals surface area contributed by atoms with Gasteiger partial charge in [-0.25, -0.2) is 4.98 Å². The normalized spacial score (nSPS) is 19.7. The fourth-order valence-electron chi connectivity index (χ4n) is 3.25. The molecule has 3 rings (SSSR count). The van der Waals surface area contributed by atoms with Gasteiger partial charge >= 0.3 is 0 Å². The first-order chi connectivity index (χ1) is 10.1. The third-order valence-electron chi connectivity index (χ3n) is 4.28. The molecule has 1 aromatic carbocycles. The lowest BCUT2D eigenvalue weighted by Crippen LogP contribution is -2.37. The summed E-state index contributed by atoms with van der Waals surface area (Å²) in [5, 5.41) is 1.17. The van der Waals surface area contributed by atoms with E-state index in [2.05, 4.69) is 47.1 Å². The summed E-state index contributed by atoms with van der Waals surface area (Å²) >= 11 is 0. The highest BCUT2D eigenvalue weighted by Gasteiger charge is 2.25. The smallest absolute Gasteiger partial charge is 0.128 e. The first-order valence-corrected chi connectivity index (χ1v) is 7.66. The number of nitrogens with zero attached hydrogens (tertiary/aromatic N) is 3. The molecular weight excluding hydrogens is 260 g/mol. The van der Waals surface area contributed by atoms with Gasteiger partial charge in [-0.05, 0) is 45.6 Å². The zero-order chi connectivity index (χ0) is 14.8. The molecule has 1 atom stereocenters. The van der Waals surface area contributed by atoms with Crippen LogP contribution in [0, 0.1) is 0 Å². The quantitative estimate of drug-likeness (QED) is 0.936. The van der Waals surface area contributed by atoms with Gasteiger partial charge in [-0.3, -0.25) is 4.90 Å². The average molecular weight is 284 g/mol. The summed E-state index contributed by atoms with van der Waals surface area (Å²) in [5.41, 5.74) is 8.29. The van der Waals surface area contributed by atoms with Crippen molar-refractivity contribution >= 4 is 16.7 Å². The number of anilines is 1. The molecule has 1 saturated heterocycles. The molecule has 2 N–H and O–H groups in total. The summed E-state index contributed by atoms with van der Waals surface area (Å²) in [4.78, 5) is 9.36. The molecule has 0 bridgehead atoms. The van der Waals surface area contributed by atoms with Crippen LogP contribution in [0.5, 0.6) is 0 Å². The number of para-hydroxylation sites is 1. The lowest BCUT2D eigenvalue weighted by molar-refractivity contribution is 0.201. The number of aromatic nitrogens is 1. The molecular formula is C17H24N4. The van der Waals surface area contributed by atoms with Crippen LogP contribution in [0.2, 0.25) is 0 Å². The Bertz CT molecular complexity index is 623. The Morgan fingerprint density at radius 2 is 2.14 bits per heavy atom. The number of pyridine rings is 1. The van der Waals surface area contributed by atoms with E-state index in [9.17, 15) is 0 Å². The van der Waals surface area contributed by atoms with Crippen molar-refractivity contribution in [3.63, 3.8) is 0 Å². The van der Waals surface area contributed by atoms with Crippen molar-refractivity contribution in [3.05, 3.63) is 35.9 Å². The second kappa shape index (κ2) is 6.00. The maximum atomic E-state index is 6.16. The Hall–Kier alpha value is -1.65. The van der Waals surface area contributed by atoms with Crippen LogP contribution in [-0.2, 0) is 6.54 Å². The monoisotopic (exact) mass is 284 g/mol. The van der Waals surface area contributed by atoms with Crippen molar-refractivity contribution in [2.75, 3.05) is 32.9 Å². The van der Waals surface area contributed by atoms with E-state index >= 15 is 0 Å². The molecule has 0 spiro atoms. The minimum Gasteiger partial charge on any atom is -0.383 e. The number of rotatable bonds is 4. The lowest BCUT2D eigenvalue weighted by Gasteiger charge is -2.27. The van der Waals surface area contributed by atoms with Crippen LogP contribution in [0.15, 0.2) is 30.3 Å². The average Bonchev–Trinajstić information content (AvgIpc) is 2.86. The minimum atomic E-state index is 0.630. The Balaban J connectivity index is 1.82. The summed E-state index contributed by atoms with van der Waals surface area (Å²) in [6.07, 6.45) is 2.55. The van der Waals surface area contributed by atoms with Crippen LogP contribution >= 0.6 is 0 Å². The Morgan fingerprint density at radius 1 is 1.33 bits per heavy atom. The summed E-state index contributed by atoms with van der Waals surface area (Å²) in [6.45, 7) is 3.17. The number of hydrogen-bond donors (Lipinski definition) is 1. The molecule has 0 radical (unpaired) electrons. The highest BCUT2D eigenvalue weighted by Crippen LogP contribution is 2.24. The third kappa shape index (κ3) is 3.17. The predicted octanol–water partition coefficient (Wildman–Crippen LogP) is 2.34. The zero-order valence-corrected chi connectivity index (χ0v) is 12.9. The number of likely N-dealkylation sites (N-methyl/N-ethyl adjacent to an activating group) is 1. The van der Waals surface area contributed by atoms with E-state index in [0.717, 1.165) is 30.7 Å². The molecule has 4 nitrogen and oxygen atoms in total. The molecule has 1 unspecified atom stereocenters. The Labute approximate surface area is 126 Å². The standard InChI is InChI=1S/C17H24N4/c1-20(2)12-15-7-5-9-21(15)11-14-10-13-6-3-4-8-16(13)19-17(14)18/h3-4,6,8,10,15H,5,7,9,11-12H2,1-2H3,(H2,18,19). The molecule has 0 amide bonds. The van der Waals surface area contributed by atoms with Gasteiger partial charge in [0, 0.05) is 30.1 Å². The van der Waals surface area contributed by atoms with Gasteiger partial charge in [0.25, 0.3) is 0 Å². The molecule has 1 fully saturated rings. The van der Waals surface area contributed by atoms with Crippen molar-refractivity contribution in [2.45, 2.75) is 25.4 Å². The first kappa shape index (κ1) is 14.3. The van der Waals surface area contributed by atoms with Gasteiger partial charge in [0.05, 0.1) is 5.52 Å². The van der Waals surface area contributed by atoms with Crippen LogP contribution in [0.4, 0.5) is 5.82 Å². The van der Waals surface area contributed by atoms with Crippen LogP contribution < -0.4 is 5.73 Å². The molecule has 21 heavy (non-hydrogen) atoms. The Morgan fingerprint density at radius 3 is 2.95 bits per heavy atom. The summed E-state index contributed by atoms with van der Waals surface area (Å²) in [6, 6.07) is 11.0. The number of nitrogen functional groups attached to an aromatic ring is 1. The fraction of sp³-hybridized carbons (Fsp3) is 0.471. The second-order valence-corrected chi connectivity index (χ2v) is 6.25. The van der Waals surface area contributed by atoms with Crippen LogP contribution in [0.3, 0.4) is 0 Å². The number of fused-ring (bicyclic) bond motifs is 1. The second-order valence-electron chi connectivity index (χ2n) is 6.25. The first-order valence-electron chi connectivity index (χ1n) is 7.66. The molecule has 1 aliphatic rings. The number of nitrogens with two attached hydrogens (primary N) is 1. The fourth-order valence-corrected chi connectivity index (χ4v) is 3.25. The molecule has 1 aromatic heterocycles. The molecule has 112 valence electrons. The summed E-state index contributed by atoms with van der Waals surface area (Å²) in [5.74, 6) is 0.671. The van der Waals surface area contributed by atoms with Crippen molar-refractivity contribution in [2.24, 2.45) is 0 Å². The van der Waals surface area contributed by atoms with Gasteiger partial charge in [-0.2, -0.15) is 0 Å². The van der Waals surface area contributed by atoms with Gasteiger partial charge in [0.15, 0.2) is 0 Å². The van der Waals surface area contributed by atoms with Gasteiger partial charge in [-0.15, -0.1) is 0 Å². The molecule has 1 aliphatic heterocycles. The maximum absolute atomic E-state index is 6.16. The number of hydrogen-bond acceptors (Lipinski definition) is 4. The van der Waals surface area contributed by atoms with Gasteiger partial charge in [0.1, 0.15) is 5.82 Å². The van der Waals surface area contributed by atoms with Crippen LogP contribution in [0.1, 0.15) is 18.4 Å². The van der Waals surface area contributed by atoms with E-state index in [-0.39, 0.29) is 0 Å². The van der Waals surface area contributed by atoms with E-state index in [4.69, 9.17) is 5.73 Å². The predicted molar refractivity (Wildman–Crippen MR) is 88.1 cm³/mol. The molecule has 2 aromatic rings. The topological polar surface area (TPSA) is 45.4 Å². The van der Waals surface area contributed by atoms with Crippen molar-refractivity contribution in [3.8, 4) is 0 Å². The highest BCUT2D eigenvalue weighted by atomic mass is 15.2. The zero-order valence-electron chi connectivity index (χ0n) is 12.9. The van der Waals surface area contributed by atoms with Gasteiger partial charge < -0.3 is 10.6 Å². The minimum absolute atomic E-state index is 0.630. The molecule has 0 aliphatic carbocycles. The molecule has 4 heteroatoms. The van der Waals surface area contributed by atoms with E-state index in [0.29, 0.717) is 11.9 Å². The maximum Gasteiger partial charge on any atom is 0.128 e. The van der Waals surface area contributed by atoms with Crippen molar-refractivity contribution in [1.82, 2.24) is 14.8 Å². The SMILES string of the molecule is CN(C)CC1CCCN1Cc1cc2ccccc2nc1N. The van der Waals surface area contributed by atoms with E-state index < -0.39 is 0 Å². The van der Waals surface area contributed by atoms with Gasteiger partial charge in [-0.1, -0.05) is 18.2 Å². The molecule has 0 saturated carbocycles. The number of benzene rings is 1. The van der Waals surface area contributed by atoms with Crippen LogP contribution in [0.25, 0.3) is 10.9 Å². The largest absolute Gasteiger partial charge is 0.383 e. The number of likely N-dealkylation sites (tertiary alicyclic amines) is 1. The third-order valence-corrected chi connectivity index (χ3v) is 4.28. The van der Waals surface area contributed by atoms with Gasteiger partial charge in [0.2, 0.25) is 0 Å². The Kier molecular flexibility index (Phi) is 4.08. The van der Waals surface area contributed by atoms with Crippen molar-refractivity contribution < 1.29 is 0 Å². The summed E-state index contributed by atoms with van der Waals surface area (Å²) < 4.78 is 0. The van der Waals surface area contributed by atoms with E-state index in [1.54, 1.807) is 0 Å².